The standard InChI is InChI=1S/C10H12F3NO/c1-6-7(9(14)5-15)3-2-4-8(6)10(11,12)13/h2-4,9,15H,5,14H2,1H3/t9-/m1/s1. The molecule has 2 nitrogen and oxygen atoms in total. The Morgan fingerprint density at radius 3 is 2.47 bits per heavy atom. The van der Waals surface area contributed by atoms with E-state index in [1.807, 2.05) is 0 Å². The minimum Gasteiger partial charge on any atom is -0.394 e. The first-order chi connectivity index (χ1) is 6.88. The van der Waals surface area contributed by atoms with E-state index in [9.17, 15) is 13.2 Å². The summed E-state index contributed by atoms with van der Waals surface area (Å²) in [7, 11) is 0. The number of rotatable bonds is 2. The second-order valence-corrected chi connectivity index (χ2v) is 3.31. The third-order valence-electron chi connectivity index (χ3n) is 2.28. The molecule has 0 fully saturated rings. The van der Waals surface area contributed by atoms with Crippen LogP contribution >= 0.6 is 0 Å². The Hall–Kier alpha value is -1.07. The van der Waals surface area contributed by atoms with Crippen LogP contribution in [0.3, 0.4) is 0 Å². The SMILES string of the molecule is Cc1c([C@H](N)CO)cccc1C(F)(F)F. The van der Waals surface area contributed by atoms with E-state index in [4.69, 9.17) is 10.8 Å². The molecule has 5 heteroatoms. The van der Waals surface area contributed by atoms with Crippen LogP contribution in [0.5, 0.6) is 0 Å². The van der Waals surface area contributed by atoms with E-state index in [1.165, 1.54) is 19.1 Å². The molecule has 0 aromatic heterocycles. The van der Waals surface area contributed by atoms with Crippen molar-refractivity contribution in [2.45, 2.75) is 19.1 Å². The van der Waals surface area contributed by atoms with Gasteiger partial charge in [0.2, 0.25) is 0 Å². The van der Waals surface area contributed by atoms with E-state index in [-0.39, 0.29) is 12.2 Å². The predicted octanol–water partition coefficient (Wildman–Crippen LogP) is 2.01. The second kappa shape index (κ2) is 4.20. The van der Waals surface area contributed by atoms with Crippen molar-refractivity contribution in [1.82, 2.24) is 0 Å². The van der Waals surface area contributed by atoms with Gasteiger partial charge in [0.25, 0.3) is 0 Å². The first-order valence-corrected chi connectivity index (χ1v) is 4.41. The highest BCUT2D eigenvalue weighted by molar-refractivity contribution is 5.37. The van der Waals surface area contributed by atoms with Gasteiger partial charge >= 0.3 is 6.18 Å². The van der Waals surface area contributed by atoms with Crippen molar-refractivity contribution in [3.8, 4) is 0 Å². The number of nitrogens with two attached hydrogens (primary N) is 1. The summed E-state index contributed by atoms with van der Waals surface area (Å²) in [6.07, 6.45) is -4.38. The highest BCUT2D eigenvalue weighted by Gasteiger charge is 2.33. The first kappa shape index (κ1) is 12.0. The molecule has 0 unspecified atom stereocenters. The molecule has 0 aliphatic heterocycles. The van der Waals surface area contributed by atoms with Gasteiger partial charge in [-0.05, 0) is 24.1 Å². The van der Waals surface area contributed by atoms with Crippen LogP contribution in [0.1, 0.15) is 22.7 Å². The monoisotopic (exact) mass is 219 g/mol. The molecule has 0 spiro atoms. The van der Waals surface area contributed by atoms with E-state index >= 15 is 0 Å². The van der Waals surface area contributed by atoms with E-state index < -0.39 is 17.8 Å². The van der Waals surface area contributed by atoms with Crippen molar-refractivity contribution in [2.24, 2.45) is 5.73 Å². The molecular weight excluding hydrogens is 207 g/mol. The third-order valence-corrected chi connectivity index (χ3v) is 2.28. The zero-order valence-electron chi connectivity index (χ0n) is 8.17. The van der Waals surface area contributed by atoms with Crippen molar-refractivity contribution in [3.63, 3.8) is 0 Å². The molecule has 1 rings (SSSR count). The van der Waals surface area contributed by atoms with Crippen LogP contribution in [0, 0.1) is 6.92 Å². The summed E-state index contributed by atoms with van der Waals surface area (Å²) in [4.78, 5) is 0. The largest absolute Gasteiger partial charge is 0.416 e. The molecule has 15 heavy (non-hydrogen) atoms. The highest BCUT2D eigenvalue weighted by Crippen LogP contribution is 2.33. The Morgan fingerprint density at radius 1 is 1.40 bits per heavy atom. The molecular formula is C10H12F3NO. The summed E-state index contributed by atoms with van der Waals surface area (Å²) in [6, 6.07) is 3.02. The second-order valence-electron chi connectivity index (χ2n) is 3.31. The van der Waals surface area contributed by atoms with Gasteiger partial charge in [-0.2, -0.15) is 13.2 Å². The fourth-order valence-electron chi connectivity index (χ4n) is 1.46. The van der Waals surface area contributed by atoms with Crippen molar-refractivity contribution in [2.75, 3.05) is 6.61 Å². The fraction of sp³-hybridized carbons (Fsp3) is 0.400. The zero-order valence-corrected chi connectivity index (χ0v) is 8.17. The van der Waals surface area contributed by atoms with Crippen molar-refractivity contribution in [1.29, 1.82) is 0 Å². The van der Waals surface area contributed by atoms with E-state index in [0.717, 1.165) is 6.07 Å². The van der Waals surface area contributed by atoms with Crippen LogP contribution in [0.15, 0.2) is 18.2 Å². The molecule has 0 radical (unpaired) electrons. The van der Waals surface area contributed by atoms with E-state index in [0.29, 0.717) is 5.56 Å². The summed E-state index contributed by atoms with van der Waals surface area (Å²) >= 11 is 0. The van der Waals surface area contributed by atoms with Gasteiger partial charge in [0.05, 0.1) is 18.2 Å². The number of halogens is 3. The van der Waals surface area contributed by atoms with Crippen LogP contribution < -0.4 is 5.73 Å². The van der Waals surface area contributed by atoms with Crippen LogP contribution in [0.2, 0.25) is 0 Å². The number of aliphatic hydroxyl groups excluding tert-OH is 1. The lowest BCUT2D eigenvalue weighted by molar-refractivity contribution is -0.138. The summed E-state index contributed by atoms with van der Waals surface area (Å²) in [6.45, 7) is 0.982. The summed E-state index contributed by atoms with van der Waals surface area (Å²) < 4.78 is 37.5. The van der Waals surface area contributed by atoms with Gasteiger partial charge < -0.3 is 10.8 Å². The smallest absolute Gasteiger partial charge is 0.394 e. The van der Waals surface area contributed by atoms with Gasteiger partial charge in [0.1, 0.15) is 0 Å². The Balaban J connectivity index is 3.23. The average molecular weight is 219 g/mol. The Bertz CT molecular complexity index is 349. The van der Waals surface area contributed by atoms with Crippen LogP contribution in [-0.4, -0.2) is 11.7 Å². The predicted molar refractivity (Wildman–Crippen MR) is 50.2 cm³/mol. The van der Waals surface area contributed by atoms with Crippen LogP contribution in [0.4, 0.5) is 13.2 Å². The number of hydrogen-bond acceptors (Lipinski definition) is 2. The lowest BCUT2D eigenvalue weighted by Gasteiger charge is -2.16. The Morgan fingerprint density at radius 2 is 2.00 bits per heavy atom. The van der Waals surface area contributed by atoms with Gasteiger partial charge in [-0.1, -0.05) is 12.1 Å². The molecule has 0 aliphatic rings. The Kier molecular flexibility index (Phi) is 3.36. The topological polar surface area (TPSA) is 46.2 Å². The maximum Gasteiger partial charge on any atom is 0.416 e. The quantitative estimate of drug-likeness (QED) is 0.799. The number of aliphatic hydroxyl groups is 1. The molecule has 3 N–H and O–H groups in total. The summed E-state index contributed by atoms with van der Waals surface area (Å²) in [5, 5.41) is 8.80. The number of benzene rings is 1. The minimum atomic E-state index is -4.38. The zero-order chi connectivity index (χ0) is 11.6. The fourth-order valence-corrected chi connectivity index (χ4v) is 1.46. The molecule has 0 heterocycles. The van der Waals surface area contributed by atoms with E-state index in [1.54, 1.807) is 0 Å². The summed E-state index contributed by atoms with van der Waals surface area (Å²) in [5.74, 6) is 0. The Labute approximate surface area is 85.5 Å². The molecule has 0 saturated heterocycles. The van der Waals surface area contributed by atoms with Gasteiger partial charge in [-0.3, -0.25) is 0 Å². The highest BCUT2D eigenvalue weighted by atomic mass is 19.4. The molecule has 0 amide bonds. The van der Waals surface area contributed by atoms with Crippen molar-refractivity contribution in [3.05, 3.63) is 34.9 Å². The lowest BCUT2D eigenvalue weighted by atomic mass is 9.97. The molecule has 1 aromatic rings. The molecule has 0 bridgehead atoms. The average Bonchev–Trinajstić information content (AvgIpc) is 2.15. The molecule has 84 valence electrons. The molecule has 1 atom stereocenters. The number of hydrogen-bond donors (Lipinski definition) is 2. The van der Waals surface area contributed by atoms with Crippen LogP contribution in [0.25, 0.3) is 0 Å². The first-order valence-electron chi connectivity index (χ1n) is 4.41. The molecule has 0 aliphatic carbocycles. The van der Waals surface area contributed by atoms with Gasteiger partial charge in [-0.15, -0.1) is 0 Å². The molecule has 0 saturated carbocycles. The van der Waals surface area contributed by atoms with Gasteiger partial charge in [-0.25, -0.2) is 0 Å². The maximum absolute atomic E-state index is 12.5. The minimum absolute atomic E-state index is 0.0755. The normalized spacial score (nSPS) is 14.0. The van der Waals surface area contributed by atoms with Gasteiger partial charge in [0.15, 0.2) is 0 Å². The van der Waals surface area contributed by atoms with E-state index in [2.05, 4.69) is 0 Å². The van der Waals surface area contributed by atoms with Crippen molar-refractivity contribution < 1.29 is 18.3 Å². The third kappa shape index (κ3) is 2.49. The van der Waals surface area contributed by atoms with Crippen molar-refractivity contribution >= 4 is 0 Å². The summed E-state index contributed by atoms with van der Waals surface area (Å²) in [5.41, 5.74) is 5.19. The maximum atomic E-state index is 12.5. The molecule has 1 aromatic carbocycles. The number of alkyl halides is 3. The van der Waals surface area contributed by atoms with Crippen LogP contribution in [-0.2, 0) is 6.18 Å². The van der Waals surface area contributed by atoms with Gasteiger partial charge in [0, 0.05) is 0 Å². The lowest BCUT2D eigenvalue weighted by Crippen LogP contribution is -2.18.